The lowest BCUT2D eigenvalue weighted by atomic mass is 9.92. The third-order valence-corrected chi connectivity index (χ3v) is 7.10. The Labute approximate surface area is 220 Å². The molecule has 0 unspecified atom stereocenters. The Balaban J connectivity index is 1.49. The number of nitrogens with zero attached hydrogens (tertiary/aromatic N) is 5. The number of carbonyl (C=O) groups excluding carboxylic acids is 2. The van der Waals surface area contributed by atoms with Gasteiger partial charge in [0, 0.05) is 25.0 Å². The maximum atomic E-state index is 14.1. The Bertz CT molecular complexity index is 1430. The van der Waals surface area contributed by atoms with Crippen LogP contribution in [0, 0.1) is 0 Å². The Hall–Kier alpha value is -4.47. The van der Waals surface area contributed by atoms with Crippen LogP contribution in [-0.4, -0.2) is 56.5 Å². The summed E-state index contributed by atoms with van der Waals surface area (Å²) in [5.74, 6) is 0.622. The first kappa shape index (κ1) is 25.2. The van der Waals surface area contributed by atoms with Crippen molar-refractivity contribution >= 4 is 28.5 Å². The Kier molecular flexibility index (Phi) is 7.21. The van der Waals surface area contributed by atoms with Crippen LogP contribution in [0.2, 0.25) is 0 Å². The van der Waals surface area contributed by atoms with Crippen molar-refractivity contribution in [2.75, 3.05) is 19.5 Å². The minimum absolute atomic E-state index is 0.0400. The van der Waals surface area contributed by atoms with Crippen molar-refractivity contribution in [1.29, 1.82) is 0 Å². The van der Waals surface area contributed by atoms with Gasteiger partial charge >= 0.3 is 0 Å². The molecule has 38 heavy (non-hydrogen) atoms. The number of hydrogen-bond donors (Lipinski definition) is 1. The summed E-state index contributed by atoms with van der Waals surface area (Å²) in [7, 11) is 3.11. The molecule has 0 radical (unpaired) electrons. The minimum atomic E-state index is -1.05. The van der Waals surface area contributed by atoms with E-state index in [1.807, 2.05) is 36.4 Å². The number of fused-ring (bicyclic) bond motifs is 1. The molecule has 1 aliphatic rings. The molecule has 0 bridgehead atoms. The number of carbonyl (C=O) groups is 2. The number of methoxy groups -OCH3 is 2. The third-order valence-electron chi connectivity index (χ3n) is 7.10. The molecule has 10 nitrogen and oxygen atoms in total. The first-order chi connectivity index (χ1) is 18.5. The number of hydrogen-bond acceptors (Lipinski definition) is 7. The lowest BCUT2D eigenvalue weighted by Crippen LogP contribution is -2.57. The molecule has 0 spiro atoms. The summed E-state index contributed by atoms with van der Waals surface area (Å²) < 4.78 is 12.4. The van der Waals surface area contributed by atoms with Crippen LogP contribution in [0.25, 0.3) is 11.0 Å². The number of rotatable bonds is 9. The Morgan fingerprint density at radius 3 is 2.61 bits per heavy atom. The van der Waals surface area contributed by atoms with Crippen LogP contribution in [-0.2, 0) is 22.7 Å². The van der Waals surface area contributed by atoms with Gasteiger partial charge in [-0.25, -0.2) is 4.68 Å². The van der Waals surface area contributed by atoms with Crippen molar-refractivity contribution in [3.8, 4) is 11.5 Å². The second-order valence-corrected chi connectivity index (χ2v) is 9.34. The number of benzene rings is 2. The van der Waals surface area contributed by atoms with Gasteiger partial charge < -0.3 is 19.7 Å². The topological polar surface area (TPSA) is 111 Å². The summed E-state index contributed by atoms with van der Waals surface area (Å²) in [5, 5.41) is 11.4. The van der Waals surface area contributed by atoms with Gasteiger partial charge in [0.2, 0.25) is 11.8 Å². The molecule has 0 atom stereocenters. The van der Waals surface area contributed by atoms with Crippen molar-refractivity contribution in [3.05, 3.63) is 72.6 Å². The standard InChI is InChI=1S/C28H30N6O4/c1-37-21-11-12-23(25(16-21)38-2)30-27(36)28(13-5-6-14-28)33(18-20-8-7-15-29-17-20)26(35)19-34-24-10-4-3-9-22(24)31-32-34/h3-4,7-12,15-17H,5-6,13-14,18-19H2,1-2H3,(H,30,36). The van der Waals surface area contributed by atoms with E-state index >= 15 is 0 Å². The Morgan fingerprint density at radius 2 is 1.87 bits per heavy atom. The highest BCUT2D eigenvalue weighted by molar-refractivity contribution is 6.01. The van der Waals surface area contributed by atoms with Crippen molar-refractivity contribution in [2.45, 2.75) is 44.3 Å². The smallest absolute Gasteiger partial charge is 0.250 e. The molecule has 1 aliphatic carbocycles. The van der Waals surface area contributed by atoms with E-state index in [-0.39, 0.29) is 24.9 Å². The zero-order chi connectivity index (χ0) is 26.5. The average Bonchev–Trinajstić information content (AvgIpc) is 3.61. The summed E-state index contributed by atoms with van der Waals surface area (Å²) in [6, 6.07) is 16.4. The number of anilines is 1. The molecule has 2 heterocycles. The number of aromatic nitrogens is 4. The molecular weight excluding hydrogens is 484 g/mol. The number of nitrogens with one attached hydrogen (secondary N) is 1. The molecule has 2 aromatic heterocycles. The molecule has 4 aromatic rings. The van der Waals surface area contributed by atoms with Gasteiger partial charge in [0.05, 0.1) is 25.4 Å². The average molecular weight is 515 g/mol. The van der Waals surface area contributed by atoms with Crippen LogP contribution < -0.4 is 14.8 Å². The van der Waals surface area contributed by atoms with Crippen LogP contribution in [0.15, 0.2) is 67.0 Å². The second kappa shape index (κ2) is 10.9. The normalized spacial score (nSPS) is 14.3. The van der Waals surface area contributed by atoms with Gasteiger partial charge in [-0.3, -0.25) is 14.6 Å². The van der Waals surface area contributed by atoms with Gasteiger partial charge in [-0.1, -0.05) is 36.3 Å². The van der Waals surface area contributed by atoms with Crippen LogP contribution in [0.3, 0.4) is 0 Å². The molecular formula is C28H30N6O4. The van der Waals surface area contributed by atoms with Crippen LogP contribution in [0.5, 0.6) is 11.5 Å². The predicted octanol–water partition coefficient (Wildman–Crippen LogP) is 3.82. The minimum Gasteiger partial charge on any atom is -0.497 e. The van der Waals surface area contributed by atoms with Crippen molar-refractivity contribution in [2.24, 2.45) is 0 Å². The number of ether oxygens (including phenoxy) is 2. The molecule has 1 fully saturated rings. The van der Waals surface area contributed by atoms with E-state index in [4.69, 9.17) is 9.47 Å². The van der Waals surface area contributed by atoms with Crippen molar-refractivity contribution < 1.29 is 19.1 Å². The zero-order valence-electron chi connectivity index (χ0n) is 21.5. The predicted molar refractivity (Wildman–Crippen MR) is 142 cm³/mol. The highest BCUT2D eigenvalue weighted by atomic mass is 16.5. The summed E-state index contributed by atoms with van der Waals surface area (Å²) in [4.78, 5) is 34.0. The fourth-order valence-electron chi connectivity index (χ4n) is 5.12. The maximum absolute atomic E-state index is 14.1. The molecule has 1 N–H and O–H groups in total. The fourth-order valence-corrected chi connectivity index (χ4v) is 5.12. The molecule has 2 aromatic carbocycles. The molecule has 196 valence electrons. The van der Waals surface area contributed by atoms with Crippen molar-refractivity contribution in [3.63, 3.8) is 0 Å². The zero-order valence-corrected chi connectivity index (χ0v) is 21.5. The molecule has 1 saturated carbocycles. The van der Waals surface area contributed by atoms with E-state index in [9.17, 15) is 9.59 Å². The summed E-state index contributed by atoms with van der Waals surface area (Å²) in [6.07, 6.45) is 6.15. The van der Waals surface area contributed by atoms with E-state index < -0.39 is 5.54 Å². The van der Waals surface area contributed by atoms with E-state index in [1.54, 1.807) is 47.3 Å². The number of para-hydroxylation sites is 1. The van der Waals surface area contributed by atoms with E-state index in [0.717, 1.165) is 23.9 Å². The van der Waals surface area contributed by atoms with Crippen LogP contribution in [0.4, 0.5) is 5.69 Å². The quantitative estimate of drug-likeness (QED) is 0.361. The van der Waals surface area contributed by atoms with Gasteiger partial charge in [-0.15, -0.1) is 5.10 Å². The first-order valence-electron chi connectivity index (χ1n) is 12.5. The monoisotopic (exact) mass is 514 g/mol. The molecule has 0 saturated heterocycles. The second-order valence-electron chi connectivity index (χ2n) is 9.34. The summed E-state index contributed by atoms with van der Waals surface area (Å²) in [6.45, 7) is 0.203. The summed E-state index contributed by atoms with van der Waals surface area (Å²) in [5.41, 5.74) is 1.77. The van der Waals surface area contributed by atoms with E-state index in [2.05, 4.69) is 20.6 Å². The van der Waals surface area contributed by atoms with Gasteiger partial charge in [-0.2, -0.15) is 0 Å². The molecule has 10 heteroatoms. The lowest BCUT2D eigenvalue weighted by molar-refractivity contribution is -0.147. The Morgan fingerprint density at radius 1 is 1.05 bits per heavy atom. The molecule has 2 amide bonds. The number of amides is 2. The van der Waals surface area contributed by atoms with Crippen LogP contribution >= 0.6 is 0 Å². The third kappa shape index (κ3) is 4.89. The molecule has 5 rings (SSSR count). The first-order valence-corrected chi connectivity index (χ1v) is 12.5. The lowest BCUT2D eigenvalue weighted by Gasteiger charge is -2.40. The highest BCUT2D eigenvalue weighted by Gasteiger charge is 2.48. The maximum Gasteiger partial charge on any atom is 0.250 e. The van der Waals surface area contributed by atoms with Gasteiger partial charge in [0.1, 0.15) is 29.1 Å². The highest BCUT2D eigenvalue weighted by Crippen LogP contribution is 2.39. The SMILES string of the molecule is COc1ccc(NC(=O)C2(N(Cc3cccnc3)C(=O)Cn3nnc4ccccc43)CCCC2)c(OC)c1. The van der Waals surface area contributed by atoms with E-state index in [0.29, 0.717) is 35.5 Å². The van der Waals surface area contributed by atoms with Crippen LogP contribution in [0.1, 0.15) is 31.2 Å². The van der Waals surface area contributed by atoms with Gasteiger partial charge in [0.25, 0.3) is 0 Å². The summed E-state index contributed by atoms with van der Waals surface area (Å²) >= 11 is 0. The van der Waals surface area contributed by atoms with Crippen molar-refractivity contribution in [1.82, 2.24) is 24.9 Å². The van der Waals surface area contributed by atoms with Gasteiger partial charge in [0.15, 0.2) is 0 Å². The molecule has 0 aliphatic heterocycles. The van der Waals surface area contributed by atoms with Gasteiger partial charge in [-0.05, 0) is 48.7 Å². The number of pyridine rings is 1. The van der Waals surface area contributed by atoms with E-state index in [1.165, 1.54) is 7.11 Å². The largest absolute Gasteiger partial charge is 0.497 e. The fraction of sp³-hybridized carbons (Fsp3) is 0.321.